The normalized spacial score (nSPS) is 17.8. The van der Waals surface area contributed by atoms with Gasteiger partial charge in [0.15, 0.2) is 0 Å². The van der Waals surface area contributed by atoms with Crippen molar-refractivity contribution in [1.82, 2.24) is 30.3 Å². The maximum atomic E-state index is 13.5. The average Bonchev–Trinajstić information content (AvgIpc) is 3.50. The maximum absolute atomic E-state index is 13.5. The summed E-state index contributed by atoms with van der Waals surface area (Å²) in [5, 5.41) is 13.7. The summed E-state index contributed by atoms with van der Waals surface area (Å²) < 4.78 is 19.2. The third kappa shape index (κ3) is 4.45. The van der Waals surface area contributed by atoms with Gasteiger partial charge in [-0.1, -0.05) is 6.07 Å². The van der Waals surface area contributed by atoms with Crippen LogP contribution in [0.5, 0.6) is 0 Å². The number of rotatable bonds is 7. The van der Waals surface area contributed by atoms with Crippen LogP contribution in [0.1, 0.15) is 35.0 Å². The van der Waals surface area contributed by atoms with Crippen LogP contribution in [-0.2, 0) is 41.9 Å². The molecule has 0 radical (unpaired) electrons. The molecule has 0 bridgehead atoms. The van der Waals surface area contributed by atoms with E-state index in [1.807, 2.05) is 13.0 Å². The zero-order chi connectivity index (χ0) is 22.1. The molecule has 0 saturated heterocycles. The predicted octanol–water partition coefficient (Wildman–Crippen LogP) is 1.80. The van der Waals surface area contributed by atoms with Gasteiger partial charge in [-0.25, -0.2) is 14.4 Å². The molecule has 0 spiro atoms. The van der Waals surface area contributed by atoms with Gasteiger partial charge in [0, 0.05) is 30.8 Å². The Morgan fingerprint density at radius 2 is 2.16 bits per heavy atom. The summed E-state index contributed by atoms with van der Waals surface area (Å²) in [6.45, 7) is 2.81. The van der Waals surface area contributed by atoms with E-state index in [1.54, 1.807) is 23.4 Å². The molecule has 32 heavy (non-hydrogen) atoms. The number of nitrogens with zero attached hydrogens (tertiary/aromatic N) is 5. The second-order valence-electron chi connectivity index (χ2n) is 8.36. The molecule has 10 heteroatoms. The van der Waals surface area contributed by atoms with Crippen molar-refractivity contribution >= 4 is 11.9 Å². The number of aromatic nitrogens is 5. The van der Waals surface area contributed by atoms with E-state index in [9.17, 15) is 9.18 Å². The molecule has 9 nitrogen and oxygen atoms in total. The van der Waals surface area contributed by atoms with E-state index in [0.29, 0.717) is 25.5 Å². The first-order chi connectivity index (χ1) is 15.5. The van der Waals surface area contributed by atoms with Gasteiger partial charge in [0.25, 0.3) is 0 Å². The van der Waals surface area contributed by atoms with Gasteiger partial charge >= 0.3 is 0 Å². The standard InChI is InChI=1S/C22H24FN7O2/c1-13(4-19-9-25-29-28-19)32-12-21(31)30-10-16-8-24-22(27-20(16)11-30)26-18-6-14-2-3-17(23)5-15(14)7-18/h2-3,5,8-9,13,18H,4,6-7,10-12H2,1H3,(H,24,26,27)(H,25,28,29). The molecule has 2 aromatic heterocycles. The zero-order valence-electron chi connectivity index (χ0n) is 17.7. The number of anilines is 1. The number of amides is 1. The van der Waals surface area contributed by atoms with Gasteiger partial charge in [-0.3, -0.25) is 4.79 Å². The van der Waals surface area contributed by atoms with Gasteiger partial charge < -0.3 is 15.0 Å². The smallest absolute Gasteiger partial charge is 0.249 e. The number of H-pyrrole nitrogens is 1. The molecule has 2 atom stereocenters. The lowest BCUT2D eigenvalue weighted by molar-refractivity contribution is -0.138. The number of halogens is 1. The van der Waals surface area contributed by atoms with Crippen LogP contribution in [0.2, 0.25) is 0 Å². The molecule has 3 aromatic rings. The van der Waals surface area contributed by atoms with Crippen molar-refractivity contribution < 1.29 is 13.9 Å². The largest absolute Gasteiger partial charge is 0.368 e. The molecule has 5 rings (SSSR count). The van der Waals surface area contributed by atoms with E-state index in [-0.39, 0.29) is 30.5 Å². The number of nitrogens with one attached hydrogen (secondary N) is 2. The van der Waals surface area contributed by atoms with Crippen LogP contribution in [0, 0.1) is 5.82 Å². The fourth-order valence-electron chi connectivity index (χ4n) is 4.25. The molecule has 3 heterocycles. The van der Waals surface area contributed by atoms with Gasteiger partial charge in [0.2, 0.25) is 11.9 Å². The highest BCUT2D eigenvalue weighted by atomic mass is 19.1. The topological polar surface area (TPSA) is 109 Å². The summed E-state index contributed by atoms with van der Waals surface area (Å²) in [5.41, 5.74) is 4.76. The summed E-state index contributed by atoms with van der Waals surface area (Å²) in [5.74, 6) is 0.242. The first kappa shape index (κ1) is 20.5. The van der Waals surface area contributed by atoms with Crippen LogP contribution in [-0.4, -0.2) is 54.9 Å². The number of ether oxygens (including phenoxy) is 1. The third-order valence-corrected chi connectivity index (χ3v) is 5.90. The minimum atomic E-state index is -0.209. The van der Waals surface area contributed by atoms with Crippen LogP contribution in [0.3, 0.4) is 0 Å². The highest BCUT2D eigenvalue weighted by molar-refractivity contribution is 5.78. The Morgan fingerprint density at radius 1 is 1.28 bits per heavy atom. The second kappa shape index (κ2) is 8.62. The molecule has 1 aliphatic heterocycles. The average molecular weight is 437 g/mol. The Labute approximate surface area is 184 Å². The van der Waals surface area contributed by atoms with Crippen LogP contribution < -0.4 is 5.32 Å². The van der Waals surface area contributed by atoms with E-state index in [2.05, 4.69) is 30.7 Å². The van der Waals surface area contributed by atoms with Crippen molar-refractivity contribution in [3.05, 3.63) is 64.5 Å². The van der Waals surface area contributed by atoms with Crippen molar-refractivity contribution in [1.29, 1.82) is 0 Å². The molecule has 1 aromatic carbocycles. The minimum Gasteiger partial charge on any atom is -0.368 e. The van der Waals surface area contributed by atoms with E-state index in [0.717, 1.165) is 40.9 Å². The fourth-order valence-corrected chi connectivity index (χ4v) is 4.25. The van der Waals surface area contributed by atoms with Crippen molar-refractivity contribution in [3.63, 3.8) is 0 Å². The Morgan fingerprint density at radius 3 is 3.00 bits per heavy atom. The van der Waals surface area contributed by atoms with E-state index < -0.39 is 0 Å². The summed E-state index contributed by atoms with van der Waals surface area (Å²) >= 11 is 0. The quantitative estimate of drug-likeness (QED) is 0.580. The number of carbonyl (C=O) groups is 1. The van der Waals surface area contributed by atoms with Crippen molar-refractivity contribution in [2.45, 2.75) is 51.4 Å². The molecular formula is C22H24FN7O2. The molecular weight excluding hydrogens is 413 g/mol. The second-order valence-corrected chi connectivity index (χ2v) is 8.36. The van der Waals surface area contributed by atoms with Gasteiger partial charge in [-0.15, -0.1) is 0 Å². The predicted molar refractivity (Wildman–Crippen MR) is 113 cm³/mol. The van der Waals surface area contributed by atoms with Crippen LogP contribution in [0.25, 0.3) is 0 Å². The molecule has 1 amide bonds. The Bertz CT molecular complexity index is 1120. The third-order valence-electron chi connectivity index (χ3n) is 5.90. The van der Waals surface area contributed by atoms with Gasteiger partial charge in [0.05, 0.1) is 30.2 Å². The number of hydrogen-bond donors (Lipinski definition) is 2. The summed E-state index contributed by atoms with van der Waals surface area (Å²) in [7, 11) is 0. The Hall–Kier alpha value is -3.40. The molecule has 1 aliphatic carbocycles. The van der Waals surface area contributed by atoms with Gasteiger partial charge in [0.1, 0.15) is 12.4 Å². The van der Waals surface area contributed by atoms with E-state index in [4.69, 9.17) is 4.74 Å². The highest BCUT2D eigenvalue weighted by Crippen LogP contribution is 2.26. The minimum absolute atomic E-state index is 0.00242. The van der Waals surface area contributed by atoms with E-state index in [1.165, 1.54) is 6.07 Å². The Kier molecular flexibility index (Phi) is 5.52. The lowest BCUT2D eigenvalue weighted by Gasteiger charge is -2.17. The lowest BCUT2D eigenvalue weighted by Crippen LogP contribution is -2.31. The van der Waals surface area contributed by atoms with E-state index >= 15 is 0 Å². The lowest BCUT2D eigenvalue weighted by atomic mass is 10.1. The molecule has 0 saturated carbocycles. The van der Waals surface area contributed by atoms with Gasteiger partial charge in [-0.05, 0) is 43.0 Å². The van der Waals surface area contributed by atoms with Crippen LogP contribution in [0.15, 0.2) is 30.6 Å². The number of fused-ring (bicyclic) bond motifs is 2. The molecule has 166 valence electrons. The highest BCUT2D eigenvalue weighted by Gasteiger charge is 2.27. The molecule has 0 fully saturated rings. The van der Waals surface area contributed by atoms with Crippen molar-refractivity contribution in [2.75, 3.05) is 11.9 Å². The monoisotopic (exact) mass is 437 g/mol. The Balaban J connectivity index is 1.14. The molecule has 2 N–H and O–H groups in total. The van der Waals surface area contributed by atoms with Crippen LogP contribution >= 0.6 is 0 Å². The summed E-state index contributed by atoms with van der Waals surface area (Å²) in [6, 6.07) is 5.06. The summed E-state index contributed by atoms with van der Waals surface area (Å²) in [6.07, 6.45) is 5.40. The first-order valence-electron chi connectivity index (χ1n) is 10.7. The number of benzene rings is 1. The van der Waals surface area contributed by atoms with Crippen LogP contribution in [0.4, 0.5) is 10.3 Å². The fraction of sp³-hybridized carbons (Fsp3) is 0.409. The maximum Gasteiger partial charge on any atom is 0.249 e. The van der Waals surface area contributed by atoms with Crippen molar-refractivity contribution in [3.8, 4) is 0 Å². The van der Waals surface area contributed by atoms with Crippen molar-refractivity contribution in [2.24, 2.45) is 0 Å². The SMILES string of the molecule is CC(Cc1cn[nH]n1)OCC(=O)N1Cc2cnc(NC3Cc4ccc(F)cc4C3)nc2C1. The van der Waals surface area contributed by atoms with Gasteiger partial charge in [-0.2, -0.15) is 15.4 Å². The number of carbonyl (C=O) groups excluding carboxylic acids is 1. The summed E-state index contributed by atoms with van der Waals surface area (Å²) in [4.78, 5) is 23.4. The zero-order valence-corrected chi connectivity index (χ0v) is 17.7. The number of hydrogen-bond acceptors (Lipinski definition) is 7. The molecule has 2 unspecified atom stereocenters. The first-order valence-corrected chi connectivity index (χ1v) is 10.7. The molecule has 2 aliphatic rings. The number of aromatic amines is 1.